The van der Waals surface area contributed by atoms with Crippen molar-refractivity contribution in [3.8, 4) is 11.5 Å². The number of rotatable bonds is 7. The summed E-state index contributed by atoms with van der Waals surface area (Å²) in [6.07, 6.45) is 0.954. The molecular formula is C19H19ClN2O3S. The van der Waals surface area contributed by atoms with Gasteiger partial charge >= 0.3 is 0 Å². The maximum absolute atomic E-state index is 12.1. The maximum atomic E-state index is 12.1. The van der Waals surface area contributed by atoms with Crippen molar-refractivity contribution in [3.63, 3.8) is 0 Å². The SMILES string of the molecule is CCCOc1ccc2nc(NC(=O)COc3ccc(Cl)c(C)c3)sc2c1. The van der Waals surface area contributed by atoms with Crippen molar-refractivity contribution in [2.45, 2.75) is 20.3 Å². The van der Waals surface area contributed by atoms with E-state index in [0.717, 1.165) is 28.0 Å². The van der Waals surface area contributed by atoms with Gasteiger partial charge in [-0.25, -0.2) is 4.98 Å². The molecule has 5 nitrogen and oxygen atoms in total. The summed E-state index contributed by atoms with van der Waals surface area (Å²) in [5.41, 5.74) is 1.72. The Kier molecular flexibility index (Phi) is 5.96. The van der Waals surface area contributed by atoms with Crippen molar-refractivity contribution in [1.29, 1.82) is 0 Å². The summed E-state index contributed by atoms with van der Waals surface area (Å²) in [5, 5.41) is 3.97. The number of benzene rings is 2. The molecule has 0 spiro atoms. The first-order chi connectivity index (χ1) is 12.5. The third kappa shape index (κ3) is 4.65. The zero-order valence-corrected chi connectivity index (χ0v) is 16.1. The van der Waals surface area contributed by atoms with Gasteiger partial charge in [-0.2, -0.15) is 0 Å². The number of thiazole rings is 1. The first kappa shape index (κ1) is 18.5. The van der Waals surface area contributed by atoms with Crippen LogP contribution in [0.5, 0.6) is 11.5 Å². The molecule has 0 radical (unpaired) electrons. The lowest BCUT2D eigenvalue weighted by molar-refractivity contribution is -0.118. The van der Waals surface area contributed by atoms with Crippen LogP contribution >= 0.6 is 22.9 Å². The summed E-state index contributed by atoms with van der Waals surface area (Å²) in [6.45, 7) is 4.53. The standard InChI is InChI=1S/C19H19ClN2O3S/c1-3-8-24-14-5-7-16-17(10-14)26-19(21-16)22-18(23)11-25-13-4-6-15(20)12(2)9-13/h4-7,9-10H,3,8,11H2,1-2H3,(H,21,22,23). The molecule has 136 valence electrons. The van der Waals surface area contributed by atoms with Crippen molar-refractivity contribution in [2.75, 3.05) is 18.5 Å². The second kappa shape index (κ2) is 8.38. The Bertz CT molecular complexity index is 926. The molecule has 0 unspecified atom stereocenters. The number of aryl methyl sites for hydroxylation is 1. The van der Waals surface area contributed by atoms with E-state index in [-0.39, 0.29) is 12.5 Å². The summed E-state index contributed by atoms with van der Waals surface area (Å²) < 4.78 is 12.1. The molecule has 0 fully saturated rings. The van der Waals surface area contributed by atoms with Crippen molar-refractivity contribution in [3.05, 3.63) is 47.0 Å². The normalized spacial score (nSPS) is 10.7. The van der Waals surface area contributed by atoms with E-state index < -0.39 is 0 Å². The molecule has 26 heavy (non-hydrogen) atoms. The quantitative estimate of drug-likeness (QED) is 0.612. The van der Waals surface area contributed by atoms with Crippen molar-refractivity contribution < 1.29 is 14.3 Å². The summed E-state index contributed by atoms with van der Waals surface area (Å²) in [7, 11) is 0. The van der Waals surface area contributed by atoms with E-state index in [2.05, 4.69) is 17.2 Å². The van der Waals surface area contributed by atoms with Crippen molar-refractivity contribution >= 4 is 44.2 Å². The number of carbonyl (C=O) groups excluding carboxylic acids is 1. The van der Waals surface area contributed by atoms with Crippen LogP contribution in [0.3, 0.4) is 0 Å². The molecule has 1 aromatic heterocycles. The number of halogens is 1. The Balaban J connectivity index is 1.60. The molecule has 1 N–H and O–H groups in total. The highest BCUT2D eigenvalue weighted by molar-refractivity contribution is 7.22. The first-order valence-electron chi connectivity index (χ1n) is 8.27. The Hall–Kier alpha value is -2.31. The molecule has 1 heterocycles. The second-order valence-corrected chi connectivity index (χ2v) is 7.18. The van der Waals surface area contributed by atoms with Gasteiger partial charge in [-0.3, -0.25) is 10.1 Å². The van der Waals surface area contributed by atoms with E-state index in [1.165, 1.54) is 11.3 Å². The predicted molar refractivity (Wildman–Crippen MR) is 106 cm³/mol. The van der Waals surface area contributed by atoms with Crippen molar-refractivity contribution in [2.24, 2.45) is 0 Å². The topological polar surface area (TPSA) is 60.5 Å². The molecule has 0 bridgehead atoms. The predicted octanol–water partition coefficient (Wildman–Crippen LogP) is 5.06. The monoisotopic (exact) mass is 390 g/mol. The van der Waals surface area contributed by atoms with Crippen LogP contribution in [0.25, 0.3) is 10.2 Å². The Labute approximate surface area is 160 Å². The number of carbonyl (C=O) groups is 1. The van der Waals surface area contributed by atoms with Gasteiger partial charge in [0.05, 0.1) is 16.8 Å². The molecule has 2 aromatic carbocycles. The zero-order chi connectivity index (χ0) is 18.5. The maximum Gasteiger partial charge on any atom is 0.264 e. The first-order valence-corrected chi connectivity index (χ1v) is 9.47. The number of fused-ring (bicyclic) bond motifs is 1. The summed E-state index contributed by atoms with van der Waals surface area (Å²) in [4.78, 5) is 16.5. The molecule has 3 rings (SSSR count). The number of nitrogens with zero attached hydrogens (tertiary/aromatic N) is 1. The minimum absolute atomic E-state index is 0.0954. The van der Waals surface area contributed by atoms with Gasteiger partial charge in [-0.1, -0.05) is 29.9 Å². The molecule has 0 aliphatic heterocycles. The number of amides is 1. The lowest BCUT2D eigenvalue weighted by atomic mass is 10.2. The van der Waals surface area contributed by atoms with Crippen LogP contribution in [0, 0.1) is 6.92 Å². The van der Waals surface area contributed by atoms with Crippen LogP contribution in [0.4, 0.5) is 5.13 Å². The van der Waals surface area contributed by atoms with Gasteiger partial charge in [0.2, 0.25) is 0 Å². The van der Waals surface area contributed by atoms with E-state index in [4.69, 9.17) is 21.1 Å². The fourth-order valence-corrected chi connectivity index (χ4v) is 3.31. The van der Waals surface area contributed by atoms with E-state index in [1.807, 2.05) is 25.1 Å². The fourth-order valence-electron chi connectivity index (χ4n) is 2.28. The van der Waals surface area contributed by atoms with Gasteiger partial charge in [0, 0.05) is 5.02 Å². The lowest BCUT2D eigenvalue weighted by Crippen LogP contribution is -2.20. The number of hydrogen-bond acceptors (Lipinski definition) is 5. The number of nitrogens with one attached hydrogen (secondary N) is 1. The second-order valence-electron chi connectivity index (χ2n) is 5.74. The van der Waals surface area contributed by atoms with Crippen LogP contribution in [0.2, 0.25) is 5.02 Å². The van der Waals surface area contributed by atoms with Crippen LogP contribution < -0.4 is 14.8 Å². The Morgan fingerprint density at radius 2 is 1.96 bits per heavy atom. The van der Waals surface area contributed by atoms with Crippen LogP contribution in [-0.4, -0.2) is 24.1 Å². The van der Waals surface area contributed by atoms with Gasteiger partial charge in [0.15, 0.2) is 11.7 Å². The average Bonchev–Trinajstić information content (AvgIpc) is 3.02. The van der Waals surface area contributed by atoms with E-state index in [1.54, 1.807) is 18.2 Å². The number of anilines is 1. The zero-order valence-electron chi connectivity index (χ0n) is 14.5. The number of aromatic nitrogens is 1. The van der Waals surface area contributed by atoms with Gasteiger partial charge in [-0.15, -0.1) is 0 Å². The smallest absolute Gasteiger partial charge is 0.264 e. The third-order valence-corrected chi connectivity index (χ3v) is 4.94. The third-order valence-electron chi connectivity index (χ3n) is 3.58. The largest absolute Gasteiger partial charge is 0.494 e. The van der Waals surface area contributed by atoms with Gasteiger partial charge in [-0.05, 0) is 55.3 Å². The Morgan fingerprint density at radius 1 is 1.19 bits per heavy atom. The minimum atomic E-state index is -0.265. The molecule has 0 saturated carbocycles. The molecule has 3 aromatic rings. The van der Waals surface area contributed by atoms with E-state index in [0.29, 0.717) is 22.5 Å². The lowest BCUT2D eigenvalue weighted by Gasteiger charge is -2.07. The molecule has 0 aliphatic carbocycles. The van der Waals surface area contributed by atoms with Crippen LogP contribution in [0.15, 0.2) is 36.4 Å². The van der Waals surface area contributed by atoms with Gasteiger partial charge in [0.1, 0.15) is 11.5 Å². The minimum Gasteiger partial charge on any atom is -0.494 e. The van der Waals surface area contributed by atoms with Crippen molar-refractivity contribution in [1.82, 2.24) is 4.98 Å². The van der Waals surface area contributed by atoms with Gasteiger partial charge < -0.3 is 9.47 Å². The van der Waals surface area contributed by atoms with E-state index in [9.17, 15) is 4.79 Å². The van der Waals surface area contributed by atoms with Crippen LogP contribution in [-0.2, 0) is 4.79 Å². The number of ether oxygens (including phenoxy) is 2. The van der Waals surface area contributed by atoms with Gasteiger partial charge in [0.25, 0.3) is 5.91 Å². The molecule has 1 amide bonds. The summed E-state index contributed by atoms with van der Waals surface area (Å²) >= 11 is 7.38. The fraction of sp³-hybridized carbons (Fsp3) is 0.263. The highest BCUT2D eigenvalue weighted by Crippen LogP contribution is 2.29. The highest BCUT2D eigenvalue weighted by atomic mass is 35.5. The molecule has 7 heteroatoms. The van der Waals surface area contributed by atoms with E-state index >= 15 is 0 Å². The summed E-state index contributed by atoms with van der Waals surface area (Å²) in [6, 6.07) is 11.0. The molecule has 0 atom stereocenters. The molecule has 0 saturated heterocycles. The Morgan fingerprint density at radius 3 is 2.73 bits per heavy atom. The summed E-state index contributed by atoms with van der Waals surface area (Å²) in [5.74, 6) is 1.14. The van der Waals surface area contributed by atoms with Crippen LogP contribution in [0.1, 0.15) is 18.9 Å². The molecular weight excluding hydrogens is 372 g/mol. The number of hydrogen-bond donors (Lipinski definition) is 1. The average molecular weight is 391 g/mol. The highest BCUT2D eigenvalue weighted by Gasteiger charge is 2.10. The molecule has 0 aliphatic rings.